The molecule has 20 heavy (non-hydrogen) atoms. The number of piperazine rings is 1. The van der Waals surface area contributed by atoms with Crippen molar-refractivity contribution in [1.29, 1.82) is 0 Å². The predicted molar refractivity (Wildman–Crippen MR) is 89.3 cm³/mol. The minimum atomic E-state index is 0.207. The molecule has 3 unspecified atom stereocenters. The number of rotatable bonds is 5. The van der Waals surface area contributed by atoms with Crippen molar-refractivity contribution < 1.29 is 0 Å². The molecule has 1 fully saturated rings. The van der Waals surface area contributed by atoms with Gasteiger partial charge in [-0.2, -0.15) is 0 Å². The van der Waals surface area contributed by atoms with Gasteiger partial charge in [-0.3, -0.25) is 9.80 Å². The summed E-state index contributed by atoms with van der Waals surface area (Å²) in [5, 5.41) is 3.70. The largest absolute Gasteiger partial charge is 0.311 e. The van der Waals surface area contributed by atoms with E-state index in [4.69, 9.17) is 0 Å². The highest BCUT2D eigenvalue weighted by molar-refractivity contribution is 4.88. The van der Waals surface area contributed by atoms with E-state index in [2.05, 4.69) is 70.6 Å². The fourth-order valence-corrected chi connectivity index (χ4v) is 2.95. The van der Waals surface area contributed by atoms with E-state index >= 15 is 0 Å². The lowest BCUT2D eigenvalue weighted by Crippen LogP contribution is -2.57. The summed E-state index contributed by atoms with van der Waals surface area (Å²) in [6.07, 6.45) is 1.23. The van der Waals surface area contributed by atoms with Crippen LogP contribution in [0.25, 0.3) is 0 Å². The van der Waals surface area contributed by atoms with E-state index in [0.29, 0.717) is 17.5 Å². The molecule has 0 aromatic carbocycles. The summed E-state index contributed by atoms with van der Waals surface area (Å²) in [6, 6.07) is 1.32. The minimum Gasteiger partial charge on any atom is -0.311 e. The highest BCUT2D eigenvalue weighted by Crippen LogP contribution is 2.25. The maximum absolute atomic E-state index is 3.70. The van der Waals surface area contributed by atoms with Gasteiger partial charge in [-0.05, 0) is 53.5 Å². The van der Waals surface area contributed by atoms with E-state index in [1.54, 1.807) is 0 Å². The summed E-state index contributed by atoms with van der Waals surface area (Å²) in [5.41, 5.74) is 0.571. The van der Waals surface area contributed by atoms with Crippen LogP contribution in [0.1, 0.15) is 54.9 Å². The van der Waals surface area contributed by atoms with Crippen LogP contribution < -0.4 is 5.32 Å². The lowest BCUT2D eigenvalue weighted by Gasteiger charge is -2.46. The van der Waals surface area contributed by atoms with Crippen molar-refractivity contribution in [2.24, 2.45) is 5.41 Å². The first-order chi connectivity index (χ1) is 9.06. The maximum atomic E-state index is 3.70. The van der Waals surface area contributed by atoms with Crippen LogP contribution in [-0.2, 0) is 0 Å². The SMILES string of the molecule is CCC(C)(CNC(C)(C)C)CN1CC(C)N(C)C(C)C1. The molecule has 0 radical (unpaired) electrons. The molecule has 1 heterocycles. The van der Waals surface area contributed by atoms with Gasteiger partial charge in [-0.25, -0.2) is 0 Å². The van der Waals surface area contributed by atoms with Crippen LogP contribution in [0.5, 0.6) is 0 Å². The Morgan fingerprint density at radius 2 is 1.55 bits per heavy atom. The lowest BCUT2D eigenvalue weighted by molar-refractivity contribution is 0.0324. The lowest BCUT2D eigenvalue weighted by atomic mass is 9.85. The highest BCUT2D eigenvalue weighted by atomic mass is 15.3. The second-order valence-corrected chi connectivity index (χ2v) is 8.33. The first kappa shape index (κ1) is 17.9. The number of hydrogen-bond acceptors (Lipinski definition) is 3. The van der Waals surface area contributed by atoms with Gasteiger partial charge in [0.05, 0.1) is 0 Å². The molecule has 3 nitrogen and oxygen atoms in total. The van der Waals surface area contributed by atoms with Gasteiger partial charge in [0.2, 0.25) is 0 Å². The van der Waals surface area contributed by atoms with E-state index in [1.165, 1.54) is 26.1 Å². The topological polar surface area (TPSA) is 18.5 Å². The third kappa shape index (κ3) is 5.34. The fraction of sp³-hybridized carbons (Fsp3) is 1.00. The molecule has 3 heteroatoms. The summed E-state index contributed by atoms with van der Waals surface area (Å²) in [4.78, 5) is 5.18. The summed E-state index contributed by atoms with van der Waals surface area (Å²) >= 11 is 0. The summed E-state index contributed by atoms with van der Waals surface area (Å²) in [6.45, 7) is 20.9. The van der Waals surface area contributed by atoms with Crippen LogP contribution in [-0.4, -0.2) is 60.6 Å². The second-order valence-electron chi connectivity index (χ2n) is 8.33. The normalized spacial score (nSPS) is 29.4. The first-order valence-corrected chi connectivity index (χ1v) is 8.25. The van der Waals surface area contributed by atoms with Gasteiger partial charge >= 0.3 is 0 Å². The van der Waals surface area contributed by atoms with Gasteiger partial charge in [-0.15, -0.1) is 0 Å². The molecule has 1 rings (SSSR count). The molecular formula is C17H37N3. The van der Waals surface area contributed by atoms with Crippen LogP contribution in [0.2, 0.25) is 0 Å². The van der Waals surface area contributed by atoms with E-state index in [1.807, 2.05) is 0 Å². The third-order valence-corrected chi connectivity index (χ3v) is 4.94. The van der Waals surface area contributed by atoms with E-state index in [-0.39, 0.29) is 5.54 Å². The van der Waals surface area contributed by atoms with Crippen LogP contribution >= 0.6 is 0 Å². The molecule has 0 spiro atoms. The second kappa shape index (κ2) is 6.76. The van der Waals surface area contributed by atoms with Crippen LogP contribution in [0, 0.1) is 5.41 Å². The molecule has 1 N–H and O–H groups in total. The Balaban J connectivity index is 2.59. The van der Waals surface area contributed by atoms with Crippen molar-refractivity contribution in [2.45, 2.75) is 72.5 Å². The summed E-state index contributed by atoms with van der Waals surface area (Å²) < 4.78 is 0. The van der Waals surface area contributed by atoms with E-state index in [9.17, 15) is 0 Å². The fourth-order valence-electron chi connectivity index (χ4n) is 2.95. The van der Waals surface area contributed by atoms with Gasteiger partial charge in [0.15, 0.2) is 0 Å². The first-order valence-electron chi connectivity index (χ1n) is 8.25. The van der Waals surface area contributed by atoms with E-state index < -0.39 is 0 Å². The third-order valence-electron chi connectivity index (χ3n) is 4.94. The summed E-state index contributed by atoms with van der Waals surface area (Å²) in [5.74, 6) is 0. The van der Waals surface area contributed by atoms with E-state index in [0.717, 1.165) is 6.54 Å². The Labute approximate surface area is 127 Å². The highest BCUT2D eigenvalue weighted by Gasteiger charge is 2.32. The zero-order valence-electron chi connectivity index (χ0n) is 15.1. The smallest absolute Gasteiger partial charge is 0.0195 e. The Bertz CT molecular complexity index is 285. The molecule has 1 aliphatic rings. The van der Waals surface area contributed by atoms with Crippen molar-refractivity contribution >= 4 is 0 Å². The summed E-state index contributed by atoms with van der Waals surface area (Å²) in [7, 11) is 2.26. The molecule has 0 saturated carbocycles. The van der Waals surface area contributed by atoms with Crippen molar-refractivity contribution in [1.82, 2.24) is 15.1 Å². The number of nitrogens with one attached hydrogen (secondary N) is 1. The number of hydrogen-bond donors (Lipinski definition) is 1. The maximum Gasteiger partial charge on any atom is 0.0195 e. The van der Waals surface area contributed by atoms with Gasteiger partial charge in [0, 0.05) is 43.8 Å². The Kier molecular flexibility index (Phi) is 6.06. The van der Waals surface area contributed by atoms with Gasteiger partial charge in [-0.1, -0.05) is 13.8 Å². The quantitative estimate of drug-likeness (QED) is 0.837. The van der Waals surface area contributed by atoms with Crippen LogP contribution in [0.4, 0.5) is 0 Å². The molecule has 0 aliphatic carbocycles. The van der Waals surface area contributed by atoms with Crippen LogP contribution in [0.15, 0.2) is 0 Å². The molecule has 0 amide bonds. The van der Waals surface area contributed by atoms with Crippen LogP contribution in [0.3, 0.4) is 0 Å². The molecule has 3 atom stereocenters. The van der Waals surface area contributed by atoms with Gasteiger partial charge in [0.25, 0.3) is 0 Å². The average molecular weight is 284 g/mol. The standard InChI is InChI=1S/C17H37N3/c1-9-17(7,12-18-16(4,5)6)13-20-10-14(2)19(8)15(3)11-20/h14-15,18H,9-13H2,1-8H3. The molecule has 0 bridgehead atoms. The minimum absolute atomic E-state index is 0.207. The van der Waals surface area contributed by atoms with Gasteiger partial charge < -0.3 is 5.32 Å². The molecule has 120 valence electrons. The van der Waals surface area contributed by atoms with Crippen molar-refractivity contribution in [3.05, 3.63) is 0 Å². The van der Waals surface area contributed by atoms with Gasteiger partial charge in [0.1, 0.15) is 0 Å². The van der Waals surface area contributed by atoms with Crippen molar-refractivity contribution in [3.8, 4) is 0 Å². The molecule has 1 saturated heterocycles. The Hall–Kier alpha value is -0.120. The molecular weight excluding hydrogens is 246 g/mol. The number of likely N-dealkylation sites (N-methyl/N-ethyl adjacent to an activating group) is 1. The monoisotopic (exact) mass is 283 g/mol. The zero-order valence-corrected chi connectivity index (χ0v) is 15.1. The predicted octanol–water partition coefficient (Wildman–Crippen LogP) is 2.82. The zero-order chi connectivity index (χ0) is 15.6. The number of nitrogens with zero attached hydrogens (tertiary/aromatic N) is 2. The molecule has 0 aromatic rings. The Morgan fingerprint density at radius 3 is 1.95 bits per heavy atom. The molecule has 1 aliphatic heterocycles. The Morgan fingerprint density at radius 1 is 1.05 bits per heavy atom. The van der Waals surface area contributed by atoms with Crippen molar-refractivity contribution in [3.63, 3.8) is 0 Å². The van der Waals surface area contributed by atoms with Crippen molar-refractivity contribution in [2.75, 3.05) is 33.2 Å². The average Bonchev–Trinajstić information content (AvgIpc) is 2.33. The molecule has 0 aromatic heterocycles.